The van der Waals surface area contributed by atoms with Crippen LogP contribution in [0.15, 0.2) is 63.3 Å². The normalized spacial score (nSPS) is 12.2. The Morgan fingerprint density at radius 1 is 1.07 bits per heavy atom. The van der Waals surface area contributed by atoms with E-state index in [1.807, 2.05) is 24.3 Å². The van der Waals surface area contributed by atoms with Crippen LogP contribution in [0.3, 0.4) is 0 Å². The molecule has 0 aliphatic rings. The van der Waals surface area contributed by atoms with Crippen LogP contribution in [0.2, 0.25) is 5.02 Å². The molecule has 0 radical (unpaired) electrons. The third kappa shape index (κ3) is 6.70. The minimum atomic E-state index is -3.40. The van der Waals surface area contributed by atoms with Crippen LogP contribution in [0, 0.1) is 0 Å². The van der Waals surface area contributed by atoms with E-state index in [9.17, 15) is 8.42 Å². The number of benzene rings is 2. The van der Waals surface area contributed by atoms with Gasteiger partial charge in [0, 0.05) is 49.9 Å². The van der Waals surface area contributed by atoms with Gasteiger partial charge in [0.2, 0.25) is 10.0 Å². The number of rotatable bonds is 8. The van der Waals surface area contributed by atoms with Crippen LogP contribution < -0.4 is 10.6 Å². The standard InChI is InChI=1S/C19H25ClN4O2S2/c1-21-19(22-12-13-27-17-8-6-16(20)7-9-17)23-14-15-4-10-18(11-5-15)28(25,26)24(2)3/h4-11H,12-14H2,1-3H3,(H2,21,22,23). The molecular weight excluding hydrogens is 416 g/mol. The molecule has 152 valence electrons. The number of halogens is 1. The molecule has 2 rings (SSSR count). The maximum atomic E-state index is 12.1. The van der Waals surface area contributed by atoms with Crippen molar-refractivity contribution in [1.82, 2.24) is 14.9 Å². The predicted molar refractivity (Wildman–Crippen MR) is 118 cm³/mol. The van der Waals surface area contributed by atoms with Crippen LogP contribution in [0.4, 0.5) is 0 Å². The SMILES string of the molecule is CN=C(NCCSc1ccc(Cl)cc1)NCc1ccc(S(=O)(=O)N(C)C)cc1. The van der Waals surface area contributed by atoms with E-state index in [1.165, 1.54) is 23.3 Å². The van der Waals surface area contributed by atoms with Crippen molar-refractivity contribution in [2.45, 2.75) is 16.3 Å². The first-order valence-electron chi connectivity index (χ1n) is 8.67. The molecular formula is C19H25ClN4O2S2. The second-order valence-corrected chi connectivity index (χ2v) is 9.84. The third-order valence-corrected chi connectivity index (χ3v) is 6.96. The van der Waals surface area contributed by atoms with E-state index in [0.717, 1.165) is 22.9 Å². The van der Waals surface area contributed by atoms with E-state index in [2.05, 4.69) is 15.6 Å². The van der Waals surface area contributed by atoms with Gasteiger partial charge in [-0.1, -0.05) is 23.7 Å². The molecule has 0 bridgehead atoms. The molecule has 2 aromatic rings. The van der Waals surface area contributed by atoms with Crippen molar-refractivity contribution in [1.29, 1.82) is 0 Å². The lowest BCUT2D eigenvalue weighted by molar-refractivity contribution is 0.520. The van der Waals surface area contributed by atoms with Crippen molar-refractivity contribution in [2.75, 3.05) is 33.4 Å². The van der Waals surface area contributed by atoms with E-state index in [1.54, 1.807) is 43.1 Å². The summed E-state index contributed by atoms with van der Waals surface area (Å²) in [7, 11) is 1.35. The summed E-state index contributed by atoms with van der Waals surface area (Å²) in [6.45, 7) is 1.30. The zero-order valence-electron chi connectivity index (χ0n) is 16.1. The fourth-order valence-corrected chi connectivity index (χ4v) is 4.06. The number of thioether (sulfide) groups is 1. The van der Waals surface area contributed by atoms with Gasteiger partial charge in [-0.3, -0.25) is 4.99 Å². The van der Waals surface area contributed by atoms with Gasteiger partial charge < -0.3 is 10.6 Å². The lowest BCUT2D eigenvalue weighted by Crippen LogP contribution is -2.37. The van der Waals surface area contributed by atoms with E-state index in [0.29, 0.717) is 12.5 Å². The molecule has 0 fully saturated rings. The van der Waals surface area contributed by atoms with Crippen molar-refractivity contribution >= 4 is 39.3 Å². The Balaban J connectivity index is 1.78. The highest BCUT2D eigenvalue weighted by molar-refractivity contribution is 7.99. The van der Waals surface area contributed by atoms with Crippen molar-refractivity contribution < 1.29 is 8.42 Å². The first-order valence-corrected chi connectivity index (χ1v) is 11.5. The monoisotopic (exact) mass is 440 g/mol. The highest BCUT2D eigenvalue weighted by Crippen LogP contribution is 2.19. The first kappa shape index (κ1) is 22.5. The molecule has 0 heterocycles. The Labute approximate surface area is 176 Å². The minimum absolute atomic E-state index is 0.281. The number of aliphatic imine (C=N–C) groups is 1. The molecule has 28 heavy (non-hydrogen) atoms. The summed E-state index contributed by atoms with van der Waals surface area (Å²) in [5.74, 6) is 1.58. The van der Waals surface area contributed by atoms with Gasteiger partial charge in [0.25, 0.3) is 0 Å². The maximum absolute atomic E-state index is 12.1. The average Bonchev–Trinajstić information content (AvgIpc) is 2.69. The van der Waals surface area contributed by atoms with Crippen LogP contribution in [0.25, 0.3) is 0 Å². The van der Waals surface area contributed by atoms with E-state index in [-0.39, 0.29) is 4.90 Å². The molecule has 9 heteroatoms. The van der Waals surface area contributed by atoms with Gasteiger partial charge in [0.1, 0.15) is 0 Å². The van der Waals surface area contributed by atoms with Gasteiger partial charge in [-0.05, 0) is 42.0 Å². The summed E-state index contributed by atoms with van der Waals surface area (Å²) in [5.41, 5.74) is 0.969. The number of nitrogens with zero attached hydrogens (tertiary/aromatic N) is 2. The summed E-state index contributed by atoms with van der Waals surface area (Å²) in [5, 5.41) is 7.22. The lowest BCUT2D eigenvalue weighted by atomic mass is 10.2. The second-order valence-electron chi connectivity index (χ2n) is 6.09. The predicted octanol–water partition coefficient (Wildman–Crippen LogP) is 3.05. The minimum Gasteiger partial charge on any atom is -0.356 e. The number of guanidine groups is 1. The molecule has 0 aliphatic heterocycles. The molecule has 0 atom stereocenters. The van der Waals surface area contributed by atoms with Crippen molar-refractivity contribution in [3.63, 3.8) is 0 Å². The molecule has 0 spiro atoms. The Hall–Kier alpha value is -1.74. The van der Waals surface area contributed by atoms with Crippen LogP contribution in [0.1, 0.15) is 5.56 Å². The summed E-state index contributed by atoms with van der Waals surface area (Å²) >= 11 is 7.62. The van der Waals surface area contributed by atoms with Gasteiger partial charge in [-0.25, -0.2) is 12.7 Å². The number of sulfonamides is 1. The molecule has 0 aromatic heterocycles. The Kier molecular flexibility index (Phi) is 8.62. The quantitative estimate of drug-likeness (QED) is 0.285. The molecule has 0 unspecified atom stereocenters. The summed E-state index contributed by atoms with van der Waals surface area (Å²) in [4.78, 5) is 5.65. The Morgan fingerprint density at radius 3 is 2.29 bits per heavy atom. The van der Waals surface area contributed by atoms with E-state index >= 15 is 0 Å². The fourth-order valence-electron chi connectivity index (χ4n) is 2.27. The highest BCUT2D eigenvalue weighted by Gasteiger charge is 2.16. The van der Waals surface area contributed by atoms with Crippen LogP contribution >= 0.6 is 23.4 Å². The molecule has 2 N–H and O–H groups in total. The van der Waals surface area contributed by atoms with Crippen LogP contribution in [-0.2, 0) is 16.6 Å². The summed E-state index contributed by atoms with van der Waals surface area (Å²) < 4.78 is 25.4. The van der Waals surface area contributed by atoms with Crippen molar-refractivity contribution in [3.05, 3.63) is 59.1 Å². The molecule has 0 saturated heterocycles. The van der Waals surface area contributed by atoms with E-state index < -0.39 is 10.0 Å². The van der Waals surface area contributed by atoms with Crippen molar-refractivity contribution in [2.24, 2.45) is 4.99 Å². The summed E-state index contributed by atoms with van der Waals surface area (Å²) in [6, 6.07) is 14.6. The smallest absolute Gasteiger partial charge is 0.242 e. The first-order chi connectivity index (χ1) is 13.3. The fraction of sp³-hybridized carbons (Fsp3) is 0.316. The molecule has 6 nitrogen and oxygen atoms in total. The Bertz CT molecular complexity index is 883. The average molecular weight is 441 g/mol. The van der Waals surface area contributed by atoms with Gasteiger partial charge in [0.15, 0.2) is 5.96 Å². The van der Waals surface area contributed by atoms with Crippen LogP contribution in [0.5, 0.6) is 0 Å². The van der Waals surface area contributed by atoms with Gasteiger partial charge in [-0.15, -0.1) is 11.8 Å². The van der Waals surface area contributed by atoms with Gasteiger partial charge in [0.05, 0.1) is 4.90 Å². The van der Waals surface area contributed by atoms with Crippen molar-refractivity contribution in [3.8, 4) is 0 Å². The summed E-state index contributed by atoms with van der Waals surface area (Å²) in [6.07, 6.45) is 0. The maximum Gasteiger partial charge on any atom is 0.242 e. The third-order valence-electron chi connectivity index (χ3n) is 3.86. The second kappa shape index (κ2) is 10.7. The van der Waals surface area contributed by atoms with Gasteiger partial charge >= 0.3 is 0 Å². The molecule has 0 saturated carbocycles. The Morgan fingerprint density at radius 2 is 1.71 bits per heavy atom. The zero-order chi connectivity index (χ0) is 20.6. The number of nitrogens with one attached hydrogen (secondary N) is 2. The lowest BCUT2D eigenvalue weighted by Gasteiger charge is -2.13. The largest absolute Gasteiger partial charge is 0.356 e. The molecule has 0 aliphatic carbocycles. The molecule has 2 aromatic carbocycles. The topological polar surface area (TPSA) is 73.8 Å². The number of hydrogen-bond donors (Lipinski definition) is 2. The zero-order valence-corrected chi connectivity index (χ0v) is 18.5. The number of hydrogen-bond acceptors (Lipinski definition) is 4. The van der Waals surface area contributed by atoms with E-state index in [4.69, 9.17) is 11.6 Å². The molecule has 0 amide bonds. The van der Waals surface area contributed by atoms with Crippen LogP contribution in [-0.4, -0.2) is 52.1 Å². The highest BCUT2D eigenvalue weighted by atomic mass is 35.5. The van der Waals surface area contributed by atoms with Gasteiger partial charge in [-0.2, -0.15) is 0 Å².